The van der Waals surface area contributed by atoms with Crippen molar-refractivity contribution in [2.45, 2.75) is 56.5 Å². The molecule has 0 bridgehead atoms. The lowest BCUT2D eigenvalue weighted by atomic mass is 9.89. The van der Waals surface area contributed by atoms with Gasteiger partial charge in [0.15, 0.2) is 0 Å². The van der Waals surface area contributed by atoms with E-state index in [1.165, 1.54) is 64.8 Å². The van der Waals surface area contributed by atoms with Crippen LogP contribution in [0.4, 0.5) is 0 Å². The maximum Gasteiger partial charge on any atom is 0.0149 e. The van der Waals surface area contributed by atoms with Gasteiger partial charge in [-0.1, -0.05) is 33.1 Å². The van der Waals surface area contributed by atoms with Gasteiger partial charge in [0.1, 0.15) is 0 Å². The Morgan fingerprint density at radius 1 is 1.06 bits per heavy atom. The fourth-order valence-electron chi connectivity index (χ4n) is 3.40. The van der Waals surface area contributed by atoms with Gasteiger partial charge in [-0.05, 0) is 25.3 Å². The van der Waals surface area contributed by atoms with Gasteiger partial charge < -0.3 is 5.32 Å². The Morgan fingerprint density at radius 2 is 1.72 bits per heavy atom. The highest BCUT2D eigenvalue weighted by Crippen LogP contribution is 2.24. The van der Waals surface area contributed by atoms with Crippen LogP contribution in [-0.4, -0.2) is 48.1 Å². The molecule has 0 aromatic carbocycles. The molecule has 1 saturated heterocycles. The molecule has 1 heterocycles. The molecule has 0 aromatic heterocycles. The molecule has 0 spiro atoms. The maximum atomic E-state index is 3.68. The second kappa shape index (κ2) is 7.76. The topological polar surface area (TPSA) is 15.3 Å². The molecule has 3 heteroatoms. The molecule has 2 fully saturated rings. The van der Waals surface area contributed by atoms with E-state index in [4.69, 9.17) is 0 Å². The Hall–Kier alpha value is 0.270. The Bertz CT molecular complexity index is 219. The van der Waals surface area contributed by atoms with Crippen LogP contribution in [0.25, 0.3) is 0 Å². The van der Waals surface area contributed by atoms with E-state index in [1.807, 2.05) is 0 Å². The molecule has 0 aromatic rings. The maximum absolute atomic E-state index is 3.68. The molecule has 1 aliphatic carbocycles. The average Bonchev–Trinajstić information content (AvgIpc) is 2.35. The second-order valence-corrected chi connectivity index (χ2v) is 8.11. The minimum Gasteiger partial charge on any atom is -0.315 e. The van der Waals surface area contributed by atoms with Gasteiger partial charge in [-0.15, -0.1) is 0 Å². The molecule has 2 nitrogen and oxygen atoms in total. The molecule has 2 atom stereocenters. The van der Waals surface area contributed by atoms with E-state index in [-0.39, 0.29) is 0 Å². The Labute approximate surface area is 117 Å². The van der Waals surface area contributed by atoms with Crippen LogP contribution in [0.5, 0.6) is 0 Å². The third kappa shape index (κ3) is 5.10. The summed E-state index contributed by atoms with van der Waals surface area (Å²) < 4.78 is 0. The normalized spacial score (nSPS) is 31.7. The van der Waals surface area contributed by atoms with Crippen molar-refractivity contribution >= 4 is 11.8 Å². The van der Waals surface area contributed by atoms with Crippen LogP contribution < -0.4 is 5.32 Å². The van der Waals surface area contributed by atoms with Crippen LogP contribution in [0.15, 0.2) is 0 Å². The second-order valence-electron chi connectivity index (χ2n) is 6.23. The lowest BCUT2D eigenvalue weighted by Crippen LogP contribution is -2.43. The molecule has 2 aliphatic rings. The summed E-state index contributed by atoms with van der Waals surface area (Å²) in [7, 11) is 0. The van der Waals surface area contributed by atoms with Crippen LogP contribution in [0.1, 0.15) is 46.0 Å². The lowest BCUT2D eigenvalue weighted by molar-refractivity contribution is 0.263. The van der Waals surface area contributed by atoms with Crippen molar-refractivity contribution in [3.05, 3.63) is 0 Å². The number of nitrogens with one attached hydrogen (secondary N) is 1. The van der Waals surface area contributed by atoms with E-state index in [0.29, 0.717) is 0 Å². The van der Waals surface area contributed by atoms with Crippen molar-refractivity contribution in [1.29, 1.82) is 0 Å². The van der Waals surface area contributed by atoms with Crippen molar-refractivity contribution in [1.82, 2.24) is 10.2 Å². The van der Waals surface area contributed by atoms with Crippen LogP contribution in [0.3, 0.4) is 0 Å². The van der Waals surface area contributed by atoms with Gasteiger partial charge in [0.05, 0.1) is 0 Å². The van der Waals surface area contributed by atoms with Gasteiger partial charge in [-0.3, -0.25) is 4.90 Å². The quantitative estimate of drug-likeness (QED) is 0.773. The first kappa shape index (κ1) is 14.7. The zero-order valence-electron chi connectivity index (χ0n) is 12.2. The summed E-state index contributed by atoms with van der Waals surface area (Å²) in [5, 5.41) is 5.31. The van der Waals surface area contributed by atoms with Crippen LogP contribution in [-0.2, 0) is 0 Å². The predicted octanol–water partition coefficient (Wildman–Crippen LogP) is 2.98. The Morgan fingerprint density at radius 3 is 2.39 bits per heavy atom. The number of hydrogen-bond donors (Lipinski definition) is 1. The molecule has 0 amide bonds. The van der Waals surface area contributed by atoms with Crippen molar-refractivity contribution in [2.75, 3.05) is 32.7 Å². The minimum absolute atomic E-state index is 0.812. The van der Waals surface area contributed by atoms with Crippen LogP contribution in [0.2, 0.25) is 0 Å². The van der Waals surface area contributed by atoms with Crippen molar-refractivity contribution < 1.29 is 0 Å². The molecule has 0 radical (unpaired) electrons. The molecule has 1 aliphatic heterocycles. The first-order valence-electron chi connectivity index (χ1n) is 7.82. The summed E-state index contributed by atoms with van der Waals surface area (Å²) in [6.45, 7) is 11.0. The van der Waals surface area contributed by atoms with E-state index in [0.717, 1.165) is 16.4 Å². The number of rotatable bonds is 5. The first-order valence-corrected chi connectivity index (χ1v) is 8.77. The molecule has 106 valence electrons. The van der Waals surface area contributed by atoms with Gasteiger partial charge in [0.2, 0.25) is 0 Å². The van der Waals surface area contributed by atoms with Gasteiger partial charge in [0.25, 0.3) is 0 Å². The number of nitrogens with zero attached hydrogens (tertiary/aromatic N) is 1. The zero-order chi connectivity index (χ0) is 12.8. The van der Waals surface area contributed by atoms with Gasteiger partial charge >= 0.3 is 0 Å². The van der Waals surface area contributed by atoms with Gasteiger partial charge in [-0.2, -0.15) is 11.8 Å². The Balaban J connectivity index is 1.54. The summed E-state index contributed by atoms with van der Waals surface area (Å²) >= 11 is 2.14. The lowest BCUT2D eigenvalue weighted by Gasteiger charge is -2.34. The number of hydrogen-bond acceptors (Lipinski definition) is 3. The van der Waals surface area contributed by atoms with Crippen LogP contribution >= 0.6 is 11.8 Å². The van der Waals surface area contributed by atoms with Gasteiger partial charge in [0, 0.05) is 36.7 Å². The highest BCUT2D eigenvalue weighted by Gasteiger charge is 2.21. The first-order chi connectivity index (χ1) is 8.74. The van der Waals surface area contributed by atoms with Crippen LogP contribution in [0, 0.1) is 5.92 Å². The zero-order valence-corrected chi connectivity index (χ0v) is 13.0. The standard InChI is InChI=1S/C15H30N2S/c1-13-11-17(12-14(2)18-13)9-8-16-10-15-6-4-3-5-7-15/h13-16H,3-12H2,1-2H3. The predicted molar refractivity (Wildman–Crippen MR) is 82.4 cm³/mol. The highest BCUT2D eigenvalue weighted by molar-refractivity contribution is 8.00. The molecule has 2 unspecified atom stereocenters. The van der Waals surface area contributed by atoms with Gasteiger partial charge in [-0.25, -0.2) is 0 Å². The fourth-order valence-corrected chi connectivity index (χ4v) is 4.79. The summed E-state index contributed by atoms with van der Waals surface area (Å²) in [6, 6.07) is 0. The molecule has 18 heavy (non-hydrogen) atoms. The summed E-state index contributed by atoms with van der Waals surface area (Å²) in [6.07, 6.45) is 7.32. The largest absolute Gasteiger partial charge is 0.315 e. The molecule has 1 saturated carbocycles. The van der Waals surface area contributed by atoms with Crippen molar-refractivity contribution in [2.24, 2.45) is 5.92 Å². The molecule has 1 N–H and O–H groups in total. The summed E-state index contributed by atoms with van der Waals surface area (Å²) in [5.41, 5.74) is 0. The number of thioether (sulfide) groups is 1. The smallest absolute Gasteiger partial charge is 0.0149 e. The Kier molecular flexibility index (Phi) is 6.33. The highest BCUT2D eigenvalue weighted by atomic mass is 32.2. The SMILES string of the molecule is CC1CN(CCNCC2CCCCC2)CC(C)S1. The molecular weight excluding hydrogens is 240 g/mol. The summed E-state index contributed by atoms with van der Waals surface area (Å²) in [4.78, 5) is 2.64. The summed E-state index contributed by atoms with van der Waals surface area (Å²) in [5.74, 6) is 0.966. The third-order valence-electron chi connectivity index (χ3n) is 4.26. The van der Waals surface area contributed by atoms with Crippen molar-refractivity contribution in [3.8, 4) is 0 Å². The van der Waals surface area contributed by atoms with E-state index in [9.17, 15) is 0 Å². The fraction of sp³-hybridized carbons (Fsp3) is 1.00. The average molecular weight is 270 g/mol. The van der Waals surface area contributed by atoms with E-state index < -0.39 is 0 Å². The van der Waals surface area contributed by atoms with E-state index in [1.54, 1.807) is 0 Å². The third-order valence-corrected chi connectivity index (χ3v) is 5.49. The van der Waals surface area contributed by atoms with E-state index >= 15 is 0 Å². The molecule has 2 rings (SSSR count). The monoisotopic (exact) mass is 270 g/mol. The molecular formula is C15H30N2S. The van der Waals surface area contributed by atoms with Crippen molar-refractivity contribution in [3.63, 3.8) is 0 Å². The minimum atomic E-state index is 0.812. The van der Waals surface area contributed by atoms with E-state index in [2.05, 4.69) is 35.8 Å².